The van der Waals surface area contributed by atoms with Crippen LogP contribution >= 0.6 is 11.6 Å². The number of rotatable bonds is 11. The molecule has 2 fully saturated rings. The minimum absolute atomic E-state index is 0.0159. The van der Waals surface area contributed by atoms with Gasteiger partial charge in [0, 0.05) is 43.7 Å². The van der Waals surface area contributed by atoms with Crippen LogP contribution in [0.5, 0.6) is 0 Å². The topological polar surface area (TPSA) is 82.7 Å². The summed E-state index contributed by atoms with van der Waals surface area (Å²) in [5.74, 6) is -0.298. The van der Waals surface area contributed by atoms with Crippen molar-refractivity contribution in [2.45, 2.75) is 70.4 Å². The summed E-state index contributed by atoms with van der Waals surface area (Å²) in [6, 6.07) is 4.81. The molecule has 36 heavy (non-hydrogen) atoms. The second-order valence-corrected chi connectivity index (χ2v) is 10.5. The van der Waals surface area contributed by atoms with Gasteiger partial charge >= 0.3 is 6.03 Å². The van der Waals surface area contributed by atoms with Crippen molar-refractivity contribution in [3.8, 4) is 0 Å². The predicted octanol–water partition coefficient (Wildman–Crippen LogP) is 4.65. The fourth-order valence-electron chi connectivity index (χ4n) is 5.61. The molecule has 1 aromatic rings. The van der Waals surface area contributed by atoms with Gasteiger partial charge in [-0.1, -0.05) is 55.8 Å². The molecule has 0 spiro atoms. The van der Waals surface area contributed by atoms with Crippen molar-refractivity contribution in [2.75, 3.05) is 39.8 Å². The average molecular weight is 525 g/mol. The summed E-state index contributed by atoms with van der Waals surface area (Å²) in [6.45, 7) is 3.93. The van der Waals surface area contributed by atoms with Crippen LogP contribution in [0, 0.1) is 17.7 Å². The summed E-state index contributed by atoms with van der Waals surface area (Å²) >= 11 is 6.07. The van der Waals surface area contributed by atoms with E-state index in [9.17, 15) is 9.59 Å². The molecule has 1 saturated heterocycles. The lowest BCUT2D eigenvalue weighted by atomic mass is 9.85. The zero-order chi connectivity index (χ0) is 25.9. The largest absolute Gasteiger partial charge is 0.363 e. The molecule has 3 rings (SSSR count). The molecule has 2 aliphatic rings. The monoisotopic (exact) mass is 524 g/mol. The zero-order valence-electron chi connectivity index (χ0n) is 21.7. The lowest BCUT2D eigenvalue weighted by molar-refractivity contribution is -0.129. The smallest absolute Gasteiger partial charge is 0.317 e. The SMILES string of the molecule is CCNC(=O)COC(c1cccc(Cl)c1F)[C@@H]1CCCN(C(=O)N[C@H](CNC)CC2CCCCC2)C1. The Hall–Kier alpha value is -1.90. The van der Waals surface area contributed by atoms with Gasteiger partial charge < -0.3 is 25.6 Å². The molecule has 0 bridgehead atoms. The number of nitrogens with zero attached hydrogens (tertiary/aromatic N) is 1. The number of piperidine rings is 1. The molecule has 3 amide bonds. The maximum atomic E-state index is 15.0. The summed E-state index contributed by atoms with van der Waals surface area (Å²) in [7, 11) is 1.91. The van der Waals surface area contributed by atoms with Crippen LogP contribution in [0.15, 0.2) is 18.2 Å². The number of benzene rings is 1. The van der Waals surface area contributed by atoms with Gasteiger partial charge in [-0.2, -0.15) is 0 Å². The van der Waals surface area contributed by atoms with E-state index in [2.05, 4.69) is 16.0 Å². The molecule has 9 heteroatoms. The van der Waals surface area contributed by atoms with Crippen LogP contribution in [0.3, 0.4) is 0 Å². The van der Waals surface area contributed by atoms with Gasteiger partial charge in [-0.25, -0.2) is 9.18 Å². The third-order valence-corrected chi connectivity index (χ3v) is 7.64. The van der Waals surface area contributed by atoms with Crippen molar-refractivity contribution in [1.29, 1.82) is 0 Å². The Bertz CT molecular complexity index is 852. The first-order valence-electron chi connectivity index (χ1n) is 13.4. The number of nitrogens with one attached hydrogen (secondary N) is 3. The number of urea groups is 1. The molecule has 7 nitrogen and oxygen atoms in total. The third-order valence-electron chi connectivity index (χ3n) is 7.35. The van der Waals surface area contributed by atoms with Crippen LogP contribution < -0.4 is 16.0 Å². The lowest BCUT2D eigenvalue weighted by Crippen LogP contribution is -2.52. The van der Waals surface area contributed by atoms with Crippen molar-refractivity contribution in [3.63, 3.8) is 0 Å². The molecular formula is C27H42ClFN4O3. The van der Waals surface area contributed by atoms with Crippen LogP contribution in [-0.4, -0.2) is 62.7 Å². The fourth-order valence-corrected chi connectivity index (χ4v) is 5.79. The number of hydrogen-bond donors (Lipinski definition) is 3. The molecule has 3 N–H and O–H groups in total. The molecule has 0 aromatic heterocycles. The standard InChI is InChI=1S/C27H42ClFN4O3/c1-3-31-24(34)18-36-26(22-12-7-13-23(28)25(22)29)20-11-8-14-33(17-20)27(35)32-21(16-30-2)15-19-9-5-4-6-10-19/h7,12-13,19-21,26,30H,3-6,8-11,14-18H2,1-2H3,(H,31,34)(H,32,35)/t20-,21+,26?/m1/s1. The Balaban J connectivity index is 1.69. The first kappa shape index (κ1) is 28.7. The van der Waals surface area contributed by atoms with E-state index in [1.165, 1.54) is 38.2 Å². The van der Waals surface area contributed by atoms with Crippen molar-refractivity contribution in [3.05, 3.63) is 34.6 Å². The maximum absolute atomic E-state index is 15.0. The van der Waals surface area contributed by atoms with Crippen molar-refractivity contribution >= 4 is 23.5 Å². The summed E-state index contributed by atoms with van der Waals surface area (Å²) in [4.78, 5) is 27.2. The molecular weight excluding hydrogens is 483 g/mol. The average Bonchev–Trinajstić information content (AvgIpc) is 2.87. The van der Waals surface area contributed by atoms with E-state index in [0.29, 0.717) is 31.1 Å². The number of halogens is 2. The maximum Gasteiger partial charge on any atom is 0.317 e. The number of carbonyl (C=O) groups excluding carboxylic acids is 2. The normalized spacial score (nSPS) is 20.6. The van der Waals surface area contributed by atoms with E-state index < -0.39 is 11.9 Å². The summed E-state index contributed by atoms with van der Waals surface area (Å²) in [5, 5.41) is 9.19. The van der Waals surface area contributed by atoms with E-state index in [4.69, 9.17) is 16.3 Å². The number of likely N-dealkylation sites (N-methyl/N-ethyl adjacent to an activating group) is 2. The number of ether oxygens (including phenoxy) is 1. The molecule has 1 heterocycles. The molecule has 0 radical (unpaired) electrons. The Labute approximate surface area is 219 Å². The summed E-state index contributed by atoms with van der Waals surface area (Å²) in [6.07, 6.45) is 8.17. The van der Waals surface area contributed by atoms with Gasteiger partial charge in [0.05, 0.1) is 11.1 Å². The molecule has 3 atom stereocenters. The van der Waals surface area contributed by atoms with Crippen LogP contribution in [0.4, 0.5) is 9.18 Å². The second kappa shape index (κ2) is 14.7. The highest BCUT2D eigenvalue weighted by atomic mass is 35.5. The molecule has 1 unspecified atom stereocenters. The minimum atomic E-state index is -0.683. The van der Waals surface area contributed by atoms with Gasteiger partial charge in [0.15, 0.2) is 0 Å². The van der Waals surface area contributed by atoms with Gasteiger partial charge in [-0.05, 0) is 45.2 Å². The van der Waals surface area contributed by atoms with Crippen LogP contribution in [-0.2, 0) is 9.53 Å². The first-order chi connectivity index (χ1) is 17.4. The molecule has 202 valence electrons. The van der Waals surface area contributed by atoms with Gasteiger partial charge in [-0.3, -0.25) is 4.79 Å². The van der Waals surface area contributed by atoms with E-state index in [1.54, 1.807) is 12.1 Å². The quantitative estimate of drug-likeness (QED) is 0.393. The third kappa shape index (κ3) is 8.32. The highest BCUT2D eigenvalue weighted by Crippen LogP contribution is 2.36. The Morgan fingerprint density at radius 2 is 1.97 bits per heavy atom. The van der Waals surface area contributed by atoms with Gasteiger partial charge in [-0.15, -0.1) is 0 Å². The number of amides is 3. The molecule has 1 aliphatic heterocycles. The Kier molecular flexibility index (Phi) is 11.7. The Morgan fingerprint density at radius 3 is 2.69 bits per heavy atom. The van der Waals surface area contributed by atoms with Crippen molar-refractivity contribution in [2.24, 2.45) is 11.8 Å². The first-order valence-corrected chi connectivity index (χ1v) is 13.8. The summed E-state index contributed by atoms with van der Waals surface area (Å²) in [5.41, 5.74) is 0.324. The number of likely N-dealkylation sites (tertiary alicyclic amines) is 1. The van der Waals surface area contributed by atoms with Gasteiger partial charge in [0.1, 0.15) is 12.4 Å². The van der Waals surface area contributed by atoms with Crippen molar-refractivity contribution in [1.82, 2.24) is 20.9 Å². The van der Waals surface area contributed by atoms with E-state index in [1.807, 2.05) is 18.9 Å². The lowest BCUT2D eigenvalue weighted by Gasteiger charge is -2.38. The van der Waals surface area contributed by atoms with Crippen molar-refractivity contribution < 1.29 is 18.7 Å². The van der Waals surface area contributed by atoms with E-state index in [0.717, 1.165) is 25.8 Å². The molecule has 1 aromatic carbocycles. The number of hydrogen-bond acceptors (Lipinski definition) is 4. The highest BCUT2D eigenvalue weighted by Gasteiger charge is 2.34. The minimum Gasteiger partial charge on any atom is -0.363 e. The number of carbonyl (C=O) groups is 2. The Morgan fingerprint density at radius 1 is 1.19 bits per heavy atom. The summed E-state index contributed by atoms with van der Waals surface area (Å²) < 4.78 is 21.0. The van der Waals surface area contributed by atoms with Gasteiger partial charge in [0.2, 0.25) is 5.91 Å². The zero-order valence-corrected chi connectivity index (χ0v) is 22.4. The highest BCUT2D eigenvalue weighted by molar-refractivity contribution is 6.30. The van der Waals surface area contributed by atoms with Crippen LogP contribution in [0.25, 0.3) is 0 Å². The molecule has 1 saturated carbocycles. The van der Waals surface area contributed by atoms with Crippen LogP contribution in [0.1, 0.15) is 70.0 Å². The van der Waals surface area contributed by atoms with E-state index in [-0.39, 0.29) is 35.5 Å². The predicted molar refractivity (Wildman–Crippen MR) is 141 cm³/mol. The fraction of sp³-hybridized carbons (Fsp3) is 0.704. The second-order valence-electron chi connectivity index (χ2n) is 10.1. The van der Waals surface area contributed by atoms with Gasteiger partial charge in [0.25, 0.3) is 0 Å². The van der Waals surface area contributed by atoms with E-state index >= 15 is 4.39 Å². The molecule has 1 aliphatic carbocycles. The van der Waals surface area contributed by atoms with Crippen LogP contribution in [0.2, 0.25) is 5.02 Å².